The van der Waals surface area contributed by atoms with Crippen LogP contribution in [0.5, 0.6) is 17.2 Å². The summed E-state index contributed by atoms with van der Waals surface area (Å²) in [7, 11) is 2.89. The van der Waals surface area contributed by atoms with Crippen molar-refractivity contribution in [1.29, 1.82) is 0 Å². The van der Waals surface area contributed by atoms with E-state index in [2.05, 4.69) is 17.6 Å². The van der Waals surface area contributed by atoms with Crippen molar-refractivity contribution in [1.82, 2.24) is 10.6 Å². The quantitative estimate of drug-likeness (QED) is 0.651. The van der Waals surface area contributed by atoms with Crippen LogP contribution in [0.2, 0.25) is 0 Å². The van der Waals surface area contributed by atoms with Gasteiger partial charge in [-0.2, -0.15) is 0 Å². The van der Waals surface area contributed by atoms with E-state index in [0.717, 1.165) is 19.5 Å². The van der Waals surface area contributed by atoms with Crippen LogP contribution < -0.4 is 30.6 Å². The maximum atomic E-state index is 12.6. The largest absolute Gasteiger partial charge is 0.493 e. The van der Waals surface area contributed by atoms with Gasteiger partial charge in [-0.3, -0.25) is 9.59 Å². The molecule has 8 nitrogen and oxygen atoms in total. The molecular formula is C17H25N3O5. The smallest absolute Gasteiger partial charge is 0.255 e. The summed E-state index contributed by atoms with van der Waals surface area (Å²) in [6, 6.07) is 3.16. The van der Waals surface area contributed by atoms with Gasteiger partial charge in [0.2, 0.25) is 5.75 Å². The van der Waals surface area contributed by atoms with Crippen LogP contribution in [0.3, 0.4) is 0 Å². The Morgan fingerprint density at radius 2 is 1.92 bits per heavy atom. The van der Waals surface area contributed by atoms with Gasteiger partial charge in [-0.05, 0) is 31.0 Å². The van der Waals surface area contributed by atoms with Gasteiger partial charge in [0.05, 0.1) is 14.2 Å². The Hall–Kier alpha value is -2.48. The van der Waals surface area contributed by atoms with Gasteiger partial charge in [-0.15, -0.1) is 0 Å². The lowest BCUT2D eigenvalue weighted by Gasteiger charge is -2.30. The van der Waals surface area contributed by atoms with E-state index in [9.17, 15) is 9.59 Å². The van der Waals surface area contributed by atoms with Crippen LogP contribution in [0.4, 0.5) is 0 Å². The van der Waals surface area contributed by atoms with Crippen molar-refractivity contribution in [3.8, 4) is 17.2 Å². The minimum atomic E-state index is -0.621. The van der Waals surface area contributed by atoms with Gasteiger partial charge in [-0.1, -0.05) is 6.92 Å². The van der Waals surface area contributed by atoms with Gasteiger partial charge < -0.3 is 30.6 Å². The summed E-state index contributed by atoms with van der Waals surface area (Å²) in [4.78, 5) is 23.6. The second-order valence-electron chi connectivity index (χ2n) is 6.01. The second-order valence-corrected chi connectivity index (χ2v) is 6.01. The van der Waals surface area contributed by atoms with E-state index in [1.807, 2.05) is 0 Å². The number of carbonyl (C=O) groups is 2. The molecule has 0 aliphatic carbocycles. The van der Waals surface area contributed by atoms with E-state index < -0.39 is 5.91 Å². The molecule has 1 fully saturated rings. The molecule has 2 atom stereocenters. The first kappa shape index (κ1) is 18.9. The number of hydrogen-bond acceptors (Lipinski definition) is 6. The summed E-state index contributed by atoms with van der Waals surface area (Å²) < 4.78 is 15.9. The third-order valence-electron chi connectivity index (χ3n) is 4.23. The number of ether oxygens (including phenoxy) is 3. The summed E-state index contributed by atoms with van der Waals surface area (Å²) in [5.74, 6) is 0.365. The zero-order valence-corrected chi connectivity index (χ0v) is 14.8. The van der Waals surface area contributed by atoms with Gasteiger partial charge >= 0.3 is 0 Å². The summed E-state index contributed by atoms with van der Waals surface area (Å²) in [5, 5.41) is 6.31. The van der Waals surface area contributed by atoms with E-state index in [0.29, 0.717) is 23.0 Å². The van der Waals surface area contributed by atoms with Crippen LogP contribution in [0.15, 0.2) is 12.1 Å². The number of primary amides is 1. The number of nitrogens with one attached hydrogen (secondary N) is 2. The number of amides is 2. The third kappa shape index (κ3) is 4.76. The van der Waals surface area contributed by atoms with E-state index in [-0.39, 0.29) is 24.3 Å². The molecule has 1 saturated heterocycles. The fourth-order valence-electron chi connectivity index (χ4n) is 2.73. The van der Waals surface area contributed by atoms with Crippen molar-refractivity contribution in [2.24, 2.45) is 11.7 Å². The predicted octanol–water partition coefficient (Wildman–Crippen LogP) is 0.296. The molecule has 2 rings (SSSR count). The molecule has 1 aliphatic rings. The summed E-state index contributed by atoms with van der Waals surface area (Å²) in [6.45, 7) is 3.50. The second kappa shape index (κ2) is 8.57. The molecule has 0 aromatic heterocycles. The molecule has 1 heterocycles. The number of benzene rings is 1. The number of carbonyl (C=O) groups excluding carboxylic acids is 2. The average molecular weight is 351 g/mol. The highest BCUT2D eigenvalue weighted by atomic mass is 16.5. The SMILES string of the molecule is COc1cc(C(=O)NC2CNCCC2C)cc(OC)c1OCC(N)=O. The summed E-state index contributed by atoms with van der Waals surface area (Å²) in [6.07, 6.45) is 1.01. The lowest BCUT2D eigenvalue weighted by molar-refractivity contribution is -0.120. The number of methoxy groups -OCH3 is 2. The highest BCUT2D eigenvalue weighted by Crippen LogP contribution is 2.38. The topological polar surface area (TPSA) is 112 Å². The fraction of sp³-hybridized carbons (Fsp3) is 0.529. The molecule has 2 unspecified atom stereocenters. The predicted molar refractivity (Wildman–Crippen MR) is 92.1 cm³/mol. The molecule has 4 N–H and O–H groups in total. The zero-order chi connectivity index (χ0) is 18.4. The Kier molecular flexibility index (Phi) is 6.46. The molecular weight excluding hydrogens is 326 g/mol. The molecule has 1 aliphatic heterocycles. The van der Waals surface area contributed by atoms with Crippen molar-refractivity contribution >= 4 is 11.8 Å². The minimum Gasteiger partial charge on any atom is -0.493 e. The average Bonchev–Trinajstić information content (AvgIpc) is 2.60. The Bertz CT molecular complexity index is 610. The molecule has 0 radical (unpaired) electrons. The lowest BCUT2D eigenvalue weighted by atomic mass is 9.94. The van der Waals surface area contributed by atoms with Gasteiger partial charge in [0, 0.05) is 18.2 Å². The maximum Gasteiger partial charge on any atom is 0.255 e. The van der Waals surface area contributed by atoms with E-state index >= 15 is 0 Å². The zero-order valence-electron chi connectivity index (χ0n) is 14.8. The summed E-state index contributed by atoms with van der Waals surface area (Å²) in [5.41, 5.74) is 5.49. The van der Waals surface area contributed by atoms with Crippen LogP contribution in [-0.2, 0) is 4.79 Å². The van der Waals surface area contributed by atoms with Crippen molar-refractivity contribution in [2.45, 2.75) is 19.4 Å². The molecule has 0 bridgehead atoms. The van der Waals surface area contributed by atoms with Crippen LogP contribution in [0.25, 0.3) is 0 Å². The number of hydrogen-bond donors (Lipinski definition) is 3. The van der Waals surface area contributed by atoms with Crippen LogP contribution in [-0.4, -0.2) is 51.8 Å². The summed E-state index contributed by atoms with van der Waals surface area (Å²) >= 11 is 0. The van der Waals surface area contributed by atoms with Crippen molar-refractivity contribution in [3.05, 3.63) is 17.7 Å². The van der Waals surface area contributed by atoms with E-state index in [1.54, 1.807) is 12.1 Å². The van der Waals surface area contributed by atoms with Gasteiger partial charge in [-0.25, -0.2) is 0 Å². The first-order chi connectivity index (χ1) is 12.0. The number of rotatable bonds is 7. The van der Waals surface area contributed by atoms with Gasteiger partial charge in [0.1, 0.15) is 0 Å². The normalized spacial score (nSPS) is 19.8. The van der Waals surface area contributed by atoms with Crippen LogP contribution >= 0.6 is 0 Å². The molecule has 25 heavy (non-hydrogen) atoms. The van der Waals surface area contributed by atoms with Crippen molar-refractivity contribution < 1.29 is 23.8 Å². The molecule has 2 amide bonds. The van der Waals surface area contributed by atoms with Crippen LogP contribution in [0, 0.1) is 5.92 Å². The maximum absolute atomic E-state index is 12.6. The fourth-order valence-corrected chi connectivity index (χ4v) is 2.73. The minimum absolute atomic E-state index is 0.0593. The molecule has 0 saturated carbocycles. The molecule has 1 aromatic rings. The number of piperidine rings is 1. The molecule has 1 aromatic carbocycles. The molecule has 0 spiro atoms. The monoisotopic (exact) mass is 351 g/mol. The first-order valence-electron chi connectivity index (χ1n) is 8.15. The van der Waals surface area contributed by atoms with E-state index in [1.165, 1.54) is 14.2 Å². The van der Waals surface area contributed by atoms with Crippen molar-refractivity contribution in [3.63, 3.8) is 0 Å². The Morgan fingerprint density at radius 3 is 2.44 bits per heavy atom. The first-order valence-corrected chi connectivity index (χ1v) is 8.15. The Balaban J connectivity index is 2.22. The van der Waals surface area contributed by atoms with Gasteiger partial charge in [0.15, 0.2) is 18.1 Å². The Morgan fingerprint density at radius 1 is 1.28 bits per heavy atom. The molecule has 8 heteroatoms. The van der Waals surface area contributed by atoms with Crippen molar-refractivity contribution in [2.75, 3.05) is 33.9 Å². The highest BCUT2D eigenvalue weighted by molar-refractivity contribution is 5.96. The van der Waals surface area contributed by atoms with Gasteiger partial charge in [0.25, 0.3) is 11.8 Å². The highest BCUT2D eigenvalue weighted by Gasteiger charge is 2.24. The number of nitrogens with two attached hydrogens (primary N) is 1. The van der Waals surface area contributed by atoms with Crippen LogP contribution in [0.1, 0.15) is 23.7 Å². The Labute approximate surface area is 147 Å². The van der Waals surface area contributed by atoms with E-state index in [4.69, 9.17) is 19.9 Å². The third-order valence-corrected chi connectivity index (χ3v) is 4.23. The lowest BCUT2D eigenvalue weighted by Crippen LogP contribution is -2.50. The standard InChI is InChI=1S/C17H25N3O5/c1-10-4-5-19-8-12(10)20-17(22)11-6-13(23-2)16(14(7-11)24-3)25-9-15(18)21/h6-7,10,12,19H,4-5,8-9H2,1-3H3,(H2,18,21)(H,20,22). The molecule has 138 valence electrons.